The molecule has 2 heteroatoms. The molecule has 1 fully saturated rings. The molecule has 0 spiro atoms. The van der Waals surface area contributed by atoms with Crippen LogP contribution < -0.4 is 5.32 Å². The number of fused-ring (bicyclic) bond motifs is 1. The monoisotopic (exact) mass is 271 g/mol. The summed E-state index contributed by atoms with van der Waals surface area (Å²) in [7, 11) is 0. The highest BCUT2D eigenvalue weighted by atomic mass is 16.3. The SMILES string of the molecule is CC(C)NCc1oc2c(C(C)C)cccc2c1C1CC1. The van der Waals surface area contributed by atoms with E-state index in [4.69, 9.17) is 4.42 Å². The number of furan rings is 1. The Morgan fingerprint density at radius 3 is 2.55 bits per heavy atom. The Labute approximate surface area is 121 Å². The minimum Gasteiger partial charge on any atom is -0.459 e. The predicted molar refractivity (Wildman–Crippen MR) is 84.3 cm³/mol. The quantitative estimate of drug-likeness (QED) is 0.834. The second-order valence-electron chi connectivity index (χ2n) is 6.63. The van der Waals surface area contributed by atoms with Gasteiger partial charge in [-0.25, -0.2) is 0 Å². The number of hydrogen-bond donors (Lipinski definition) is 1. The smallest absolute Gasteiger partial charge is 0.138 e. The molecule has 2 nitrogen and oxygen atoms in total. The van der Waals surface area contributed by atoms with Gasteiger partial charge in [0.25, 0.3) is 0 Å². The highest BCUT2D eigenvalue weighted by Gasteiger charge is 2.31. The van der Waals surface area contributed by atoms with Gasteiger partial charge in [0.2, 0.25) is 0 Å². The molecule has 1 aliphatic carbocycles. The van der Waals surface area contributed by atoms with Gasteiger partial charge in [0.1, 0.15) is 11.3 Å². The number of rotatable bonds is 5. The molecule has 3 rings (SSSR count). The Balaban J connectivity index is 2.09. The fraction of sp³-hybridized carbons (Fsp3) is 0.556. The van der Waals surface area contributed by atoms with E-state index in [0.717, 1.165) is 23.8 Å². The summed E-state index contributed by atoms with van der Waals surface area (Å²) < 4.78 is 6.28. The maximum absolute atomic E-state index is 6.28. The van der Waals surface area contributed by atoms with Crippen LogP contribution in [0.3, 0.4) is 0 Å². The van der Waals surface area contributed by atoms with Crippen LogP contribution in [0.2, 0.25) is 0 Å². The average Bonchev–Trinajstić information content (AvgIpc) is 3.16. The van der Waals surface area contributed by atoms with E-state index in [-0.39, 0.29) is 0 Å². The Bertz CT molecular complexity index is 605. The van der Waals surface area contributed by atoms with Gasteiger partial charge in [-0.3, -0.25) is 0 Å². The van der Waals surface area contributed by atoms with E-state index in [0.29, 0.717) is 12.0 Å². The highest BCUT2D eigenvalue weighted by Crippen LogP contribution is 2.47. The van der Waals surface area contributed by atoms with Crippen LogP contribution in [0.15, 0.2) is 22.6 Å². The van der Waals surface area contributed by atoms with Crippen molar-refractivity contribution in [3.8, 4) is 0 Å². The van der Waals surface area contributed by atoms with Gasteiger partial charge < -0.3 is 9.73 Å². The molecule has 2 aromatic rings. The van der Waals surface area contributed by atoms with Crippen molar-refractivity contribution in [2.75, 3.05) is 0 Å². The van der Waals surface area contributed by atoms with Crippen LogP contribution >= 0.6 is 0 Å². The summed E-state index contributed by atoms with van der Waals surface area (Å²) in [5.41, 5.74) is 3.92. The summed E-state index contributed by atoms with van der Waals surface area (Å²) in [6.07, 6.45) is 2.63. The lowest BCUT2D eigenvalue weighted by Gasteiger charge is -2.07. The van der Waals surface area contributed by atoms with Gasteiger partial charge >= 0.3 is 0 Å². The third kappa shape index (κ3) is 2.49. The van der Waals surface area contributed by atoms with Crippen LogP contribution in [0, 0.1) is 0 Å². The molecule has 0 atom stereocenters. The first-order valence-electron chi connectivity index (χ1n) is 7.85. The van der Waals surface area contributed by atoms with Crippen molar-refractivity contribution in [1.82, 2.24) is 5.32 Å². The van der Waals surface area contributed by atoms with Crippen molar-refractivity contribution in [2.45, 2.75) is 65.0 Å². The van der Waals surface area contributed by atoms with E-state index in [2.05, 4.69) is 51.2 Å². The molecule has 1 N–H and O–H groups in total. The van der Waals surface area contributed by atoms with E-state index in [1.165, 1.54) is 29.4 Å². The first kappa shape index (κ1) is 13.7. The summed E-state index contributed by atoms with van der Waals surface area (Å²) in [6.45, 7) is 9.67. The standard InChI is InChI=1S/C18H25NO/c1-11(2)14-6-5-7-15-17(13-8-9-13)16(20-18(14)15)10-19-12(3)4/h5-7,11-13,19H,8-10H2,1-4H3. The topological polar surface area (TPSA) is 25.2 Å². The van der Waals surface area contributed by atoms with E-state index < -0.39 is 0 Å². The molecule has 0 aliphatic heterocycles. The van der Waals surface area contributed by atoms with Gasteiger partial charge in [0.15, 0.2) is 0 Å². The number of para-hydroxylation sites is 1. The lowest BCUT2D eigenvalue weighted by molar-refractivity contribution is 0.481. The zero-order chi connectivity index (χ0) is 14.3. The maximum atomic E-state index is 6.28. The summed E-state index contributed by atoms with van der Waals surface area (Å²) >= 11 is 0. The maximum Gasteiger partial charge on any atom is 0.138 e. The number of hydrogen-bond acceptors (Lipinski definition) is 2. The second-order valence-corrected chi connectivity index (χ2v) is 6.63. The summed E-state index contributed by atoms with van der Waals surface area (Å²) in [4.78, 5) is 0. The van der Waals surface area contributed by atoms with Gasteiger partial charge in [-0.2, -0.15) is 0 Å². The van der Waals surface area contributed by atoms with E-state index in [1.807, 2.05) is 0 Å². The summed E-state index contributed by atoms with van der Waals surface area (Å²) in [5, 5.41) is 4.85. The summed E-state index contributed by atoms with van der Waals surface area (Å²) in [5.74, 6) is 2.38. The van der Waals surface area contributed by atoms with Gasteiger partial charge in [-0.05, 0) is 30.2 Å². The van der Waals surface area contributed by atoms with Crippen molar-refractivity contribution in [3.63, 3.8) is 0 Å². The first-order valence-corrected chi connectivity index (χ1v) is 7.85. The molecular weight excluding hydrogens is 246 g/mol. The fourth-order valence-electron chi connectivity index (χ4n) is 2.91. The third-order valence-corrected chi connectivity index (χ3v) is 4.14. The van der Waals surface area contributed by atoms with Crippen LogP contribution in [0.1, 0.15) is 69.3 Å². The molecule has 0 radical (unpaired) electrons. The number of nitrogens with one attached hydrogen (secondary N) is 1. The van der Waals surface area contributed by atoms with Crippen LogP contribution in [-0.4, -0.2) is 6.04 Å². The van der Waals surface area contributed by atoms with Gasteiger partial charge in [0, 0.05) is 17.0 Å². The molecule has 1 heterocycles. The predicted octanol–water partition coefficient (Wildman–Crippen LogP) is 4.93. The normalized spacial score (nSPS) is 15.7. The molecule has 0 amide bonds. The van der Waals surface area contributed by atoms with Gasteiger partial charge in [0.05, 0.1) is 6.54 Å². The largest absolute Gasteiger partial charge is 0.459 e. The van der Waals surface area contributed by atoms with Crippen molar-refractivity contribution in [1.29, 1.82) is 0 Å². The van der Waals surface area contributed by atoms with Crippen LogP contribution in [-0.2, 0) is 6.54 Å². The van der Waals surface area contributed by atoms with Gasteiger partial charge in [-0.1, -0.05) is 45.9 Å². The zero-order valence-electron chi connectivity index (χ0n) is 13.0. The van der Waals surface area contributed by atoms with E-state index in [1.54, 1.807) is 0 Å². The first-order chi connectivity index (χ1) is 9.58. The van der Waals surface area contributed by atoms with E-state index >= 15 is 0 Å². The van der Waals surface area contributed by atoms with Crippen molar-refractivity contribution < 1.29 is 4.42 Å². The van der Waals surface area contributed by atoms with Gasteiger partial charge in [-0.15, -0.1) is 0 Å². The Kier molecular flexibility index (Phi) is 3.59. The molecule has 1 aliphatic rings. The molecule has 0 saturated heterocycles. The Morgan fingerprint density at radius 1 is 1.20 bits per heavy atom. The van der Waals surface area contributed by atoms with Crippen LogP contribution in [0.5, 0.6) is 0 Å². The van der Waals surface area contributed by atoms with E-state index in [9.17, 15) is 0 Å². The molecule has 1 saturated carbocycles. The minimum absolute atomic E-state index is 0.486. The average molecular weight is 271 g/mol. The van der Waals surface area contributed by atoms with Crippen molar-refractivity contribution >= 4 is 11.0 Å². The molecule has 20 heavy (non-hydrogen) atoms. The van der Waals surface area contributed by atoms with Crippen LogP contribution in [0.25, 0.3) is 11.0 Å². The number of benzene rings is 1. The Hall–Kier alpha value is -1.28. The third-order valence-electron chi connectivity index (χ3n) is 4.14. The fourth-order valence-corrected chi connectivity index (χ4v) is 2.91. The molecule has 1 aromatic heterocycles. The van der Waals surface area contributed by atoms with Crippen molar-refractivity contribution in [3.05, 3.63) is 35.1 Å². The molecule has 1 aromatic carbocycles. The Morgan fingerprint density at radius 2 is 1.95 bits per heavy atom. The minimum atomic E-state index is 0.486. The molecule has 108 valence electrons. The highest BCUT2D eigenvalue weighted by molar-refractivity contribution is 5.86. The zero-order valence-corrected chi connectivity index (χ0v) is 13.0. The second kappa shape index (κ2) is 5.25. The van der Waals surface area contributed by atoms with Crippen LogP contribution in [0.4, 0.5) is 0 Å². The molecule has 0 unspecified atom stereocenters. The molecular formula is C18H25NO. The molecule has 0 bridgehead atoms. The van der Waals surface area contributed by atoms with Crippen molar-refractivity contribution in [2.24, 2.45) is 0 Å². The lowest BCUT2D eigenvalue weighted by atomic mass is 9.98. The lowest BCUT2D eigenvalue weighted by Crippen LogP contribution is -2.22. The summed E-state index contributed by atoms with van der Waals surface area (Å²) in [6, 6.07) is 7.10.